The van der Waals surface area contributed by atoms with Crippen LogP contribution in [0.5, 0.6) is 5.75 Å². The van der Waals surface area contributed by atoms with Crippen molar-refractivity contribution in [1.82, 2.24) is 4.90 Å². The van der Waals surface area contributed by atoms with Gasteiger partial charge in [0.05, 0.1) is 0 Å². The minimum Gasteiger partial charge on any atom is -0.410 e. The quantitative estimate of drug-likeness (QED) is 0.614. The fourth-order valence-electron chi connectivity index (χ4n) is 4.47. The Morgan fingerprint density at radius 2 is 1.71 bits per heavy atom. The molecule has 0 radical (unpaired) electrons. The van der Waals surface area contributed by atoms with Crippen molar-refractivity contribution in [2.75, 3.05) is 18.0 Å². The van der Waals surface area contributed by atoms with Crippen molar-refractivity contribution >= 4 is 18.2 Å². The summed E-state index contributed by atoms with van der Waals surface area (Å²) in [5, 5.41) is 0. The first-order chi connectivity index (χ1) is 15.0. The molecule has 1 heterocycles. The molecule has 1 unspecified atom stereocenters. The van der Waals surface area contributed by atoms with Crippen LogP contribution in [-0.4, -0.2) is 36.5 Å². The molecule has 0 spiro atoms. The number of likely N-dealkylation sites (tertiary alicyclic amines) is 1. The molecule has 0 N–H and O–H groups in total. The van der Waals surface area contributed by atoms with Crippen LogP contribution in [0.25, 0.3) is 0 Å². The van der Waals surface area contributed by atoms with E-state index in [-0.39, 0.29) is 23.5 Å². The molecule has 0 bridgehead atoms. The predicted molar refractivity (Wildman–Crippen MR) is 113 cm³/mol. The largest absolute Gasteiger partial charge is 0.415 e. The van der Waals surface area contributed by atoms with Crippen LogP contribution in [-0.2, 0) is 4.79 Å². The third kappa shape index (κ3) is 4.70. The summed E-state index contributed by atoms with van der Waals surface area (Å²) in [4.78, 5) is 27.9. The van der Waals surface area contributed by atoms with Gasteiger partial charge in [0, 0.05) is 30.4 Å². The zero-order valence-electron chi connectivity index (χ0n) is 17.5. The standard InChI is InChI=1S/C24H26F2N2O3/c1-16-21(26)3-2-4-22(16)31-24(30)27-13-11-18(12-14-27)23(17-5-6-17)28(15-29)20-9-7-19(25)8-10-20/h2-4,7-10,15,17-18,23H,5-6,11-14H2,1H3. The summed E-state index contributed by atoms with van der Waals surface area (Å²) in [6.07, 6.45) is 3.97. The molecule has 164 valence electrons. The van der Waals surface area contributed by atoms with E-state index < -0.39 is 11.9 Å². The second-order valence-corrected chi connectivity index (χ2v) is 8.37. The number of rotatable bonds is 6. The highest BCUT2D eigenvalue weighted by atomic mass is 19.1. The Morgan fingerprint density at radius 1 is 1.06 bits per heavy atom. The normalized spacial score (nSPS) is 17.8. The Bertz CT molecular complexity index is 938. The first kappa shape index (κ1) is 21.3. The summed E-state index contributed by atoms with van der Waals surface area (Å²) < 4.78 is 32.4. The first-order valence-corrected chi connectivity index (χ1v) is 10.7. The number of amides is 2. The highest BCUT2D eigenvalue weighted by molar-refractivity contribution is 5.76. The summed E-state index contributed by atoms with van der Waals surface area (Å²) in [5.74, 6) is 0.145. The number of nitrogens with zero attached hydrogens (tertiary/aromatic N) is 2. The minimum atomic E-state index is -0.485. The van der Waals surface area contributed by atoms with Crippen molar-refractivity contribution < 1.29 is 23.1 Å². The van der Waals surface area contributed by atoms with Gasteiger partial charge in [0.15, 0.2) is 0 Å². The smallest absolute Gasteiger partial charge is 0.410 e. The van der Waals surface area contributed by atoms with Crippen LogP contribution in [0.4, 0.5) is 19.3 Å². The third-order valence-electron chi connectivity index (χ3n) is 6.36. The molecule has 4 rings (SSSR count). The number of hydrogen-bond acceptors (Lipinski definition) is 3. The summed E-state index contributed by atoms with van der Waals surface area (Å²) >= 11 is 0. The lowest BCUT2D eigenvalue weighted by Gasteiger charge is -2.40. The molecule has 2 amide bonds. The van der Waals surface area contributed by atoms with Gasteiger partial charge in [-0.3, -0.25) is 4.79 Å². The van der Waals surface area contributed by atoms with Crippen molar-refractivity contribution in [1.29, 1.82) is 0 Å². The molecule has 7 heteroatoms. The van der Waals surface area contributed by atoms with Gasteiger partial charge in [0.1, 0.15) is 17.4 Å². The lowest BCUT2D eigenvalue weighted by atomic mass is 9.85. The van der Waals surface area contributed by atoms with Crippen molar-refractivity contribution in [2.45, 2.75) is 38.6 Å². The van der Waals surface area contributed by atoms with Crippen LogP contribution in [0.1, 0.15) is 31.2 Å². The SMILES string of the molecule is Cc1c(F)cccc1OC(=O)N1CCC(C(C2CC2)N(C=O)c2ccc(F)cc2)CC1. The maximum Gasteiger partial charge on any atom is 0.415 e. The fourth-order valence-corrected chi connectivity index (χ4v) is 4.47. The maximum atomic E-state index is 13.7. The molecule has 2 aliphatic rings. The highest BCUT2D eigenvalue weighted by Crippen LogP contribution is 2.42. The van der Waals surface area contributed by atoms with Crippen molar-refractivity contribution in [3.05, 3.63) is 59.7 Å². The van der Waals surface area contributed by atoms with E-state index in [0.717, 1.165) is 32.1 Å². The van der Waals surface area contributed by atoms with Crippen LogP contribution >= 0.6 is 0 Å². The predicted octanol–water partition coefficient (Wildman–Crippen LogP) is 4.93. The van der Waals surface area contributed by atoms with Crippen LogP contribution < -0.4 is 9.64 Å². The van der Waals surface area contributed by atoms with Crippen molar-refractivity contribution in [2.24, 2.45) is 11.8 Å². The van der Waals surface area contributed by atoms with Gasteiger partial charge < -0.3 is 14.5 Å². The average Bonchev–Trinajstić information content (AvgIpc) is 3.61. The van der Waals surface area contributed by atoms with Gasteiger partial charge in [0.25, 0.3) is 0 Å². The summed E-state index contributed by atoms with van der Waals surface area (Å²) in [7, 11) is 0. The molecule has 1 saturated heterocycles. The maximum absolute atomic E-state index is 13.7. The number of piperidine rings is 1. The minimum absolute atomic E-state index is 0.0339. The number of anilines is 1. The molecule has 5 nitrogen and oxygen atoms in total. The highest BCUT2D eigenvalue weighted by Gasteiger charge is 2.42. The number of ether oxygens (including phenoxy) is 1. The molecule has 2 aromatic carbocycles. The van der Waals surface area contributed by atoms with Crippen LogP contribution in [0.3, 0.4) is 0 Å². The van der Waals surface area contributed by atoms with Gasteiger partial charge in [-0.15, -0.1) is 0 Å². The van der Waals surface area contributed by atoms with E-state index in [0.29, 0.717) is 30.3 Å². The van der Waals surface area contributed by atoms with E-state index in [1.54, 1.807) is 34.9 Å². The first-order valence-electron chi connectivity index (χ1n) is 10.7. The number of halogens is 2. The lowest BCUT2D eigenvalue weighted by Crippen LogP contribution is -2.48. The molecule has 1 saturated carbocycles. The van der Waals surface area contributed by atoms with Gasteiger partial charge >= 0.3 is 6.09 Å². The third-order valence-corrected chi connectivity index (χ3v) is 6.36. The summed E-state index contributed by atoms with van der Waals surface area (Å²) in [6.45, 7) is 2.60. The zero-order valence-corrected chi connectivity index (χ0v) is 17.5. The van der Waals surface area contributed by atoms with E-state index >= 15 is 0 Å². The number of benzene rings is 2. The second-order valence-electron chi connectivity index (χ2n) is 8.37. The molecule has 1 aliphatic heterocycles. The van der Waals surface area contributed by atoms with E-state index in [9.17, 15) is 18.4 Å². The molecule has 2 fully saturated rings. The van der Waals surface area contributed by atoms with E-state index in [4.69, 9.17) is 4.74 Å². The zero-order chi connectivity index (χ0) is 22.0. The van der Waals surface area contributed by atoms with Crippen LogP contribution in [0.15, 0.2) is 42.5 Å². The fraction of sp³-hybridized carbons (Fsp3) is 0.417. The van der Waals surface area contributed by atoms with E-state index in [2.05, 4.69) is 0 Å². The molecule has 0 aromatic heterocycles. The Hall–Kier alpha value is -2.96. The summed E-state index contributed by atoms with van der Waals surface area (Å²) in [6, 6.07) is 10.4. The second kappa shape index (κ2) is 9.04. The van der Waals surface area contributed by atoms with Gasteiger partial charge in [-0.25, -0.2) is 13.6 Å². The van der Waals surface area contributed by atoms with Crippen molar-refractivity contribution in [3.8, 4) is 5.75 Å². The van der Waals surface area contributed by atoms with Gasteiger partial charge in [-0.05, 0) is 80.8 Å². The Morgan fingerprint density at radius 3 is 2.32 bits per heavy atom. The number of carbonyl (C=O) groups excluding carboxylic acids is 2. The number of carbonyl (C=O) groups is 2. The Kier molecular flexibility index (Phi) is 6.20. The monoisotopic (exact) mass is 428 g/mol. The molecular formula is C24H26F2N2O3. The molecule has 1 aliphatic carbocycles. The molecule has 2 aromatic rings. The molecule has 31 heavy (non-hydrogen) atoms. The average molecular weight is 428 g/mol. The number of hydrogen-bond donors (Lipinski definition) is 0. The molecule has 1 atom stereocenters. The van der Waals surface area contributed by atoms with Crippen LogP contribution in [0.2, 0.25) is 0 Å². The van der Waals surface area contributed by atoms with Crippen LogP contribution in [0, 0.1) is 30.4 Å². The van der Waals surface area contributed by atoms with E-state index in [1.807, 2.05) is 0 Å². The topological polar surface area (TPSA) is 49.9 Å². The van der Waals surface area contributed by atoms with Gasteiger partial charge in [-0.1, -0.05) is 6.07 Å². The van der Waals surface area contributed by atoms with Gasteiger partial charge in [0.2, 0.25) is 6.41 Å². The summed E-state index contributed by atoms with van der Waals surface area (Å²) in [5.41, 5.74) is 0.997. The molecular weight excluding hydrogens is 402 g/mol. The van der Waals surface area contributed by atoms with Crippen molar-refractivity contribution in [3.63, 3.8) is 0 Å². The lowest BCUT2D eigenvalue weighted by molar-refractivity contribution is -0.108. The Labute approximate surface area is 180 Å². The van der Waals surface area contributed by atoms with Gasteiger partial charge in [-0.2, -0.15) is 0 Å². The van der Waals surface area contributed by atoms with E-state index in [1.165, 1.54) is 24.3 Å². The Balaban J connectivity index is 1.41.